The van der Waals surface area contributed by atoms with E-state index >= 15 is 0 Å². The van der Waals surface area contributed by atoms with Gasteiger partial charge in [-0.15, -0.1) is 0 Å². The zero-order chi connectivity index (χ0) is 33.8. The first-order valence-electron chi connectivity index (χ1n) is 13.1. The average Bonchev–Trinajstić information content (AvgIpc) is 3.35. The Morgan fingerprint density at radius 1 is 1.09 bits per heavy atom. The first-order chi connectivity index (χ1) is 21.1. The smallest absolute Gasteiger partial charge is 0.390 e. The number of amides is 1. The Morgan fingerprint density at radius 2 is 1.76 bits per heavy atom. The lowest BCUT2D eigenvalue weighted by Gasteiger charge is -2.20. The summed E-state index contributed by atoms with van der Waals surface area (Å²) in [5.74, 6) is -0.982. The Hall–Kier alpha value is -1.55. The SMILES string of the molecule is CCN(C(=O)CCS(=O)CCC(F)(F)F)c1cn(-c2cccnc2)nc1Cl.CCOP(=S)(OCC)Oc1nc(Cl)c(Cl)cc1Cl. The van der Waals surface area contributed by atoms with Crippen LogP contribution in [0.3, 0.4) is 0 Å². The molecule has 0 aliphatic rings. The molecule has 0 aliphatic heterocycles. The summed E-state index contributed by atoms with van der Waals surface area (Å²) in [7, 11) is -1.72. The lowest BCUT2D eigenvalue weighted by atomic mass is 10.3. The molecule has 3 aromatic heterocycles. The third-order valence-electron chi connectivity index (χ3n) is 5.25. The van der Waals surface area contributed by atoms with Crippen LogP contribution in [0, 0.1) is 0 Å². The molecule has 250 valence electrons. The number of alkyl halides is 3. The van der Waals surface area contributed by atoms with Crippen molar-refractivity contribution in [3.63, 3.8) is 0 Å². The van der Waals surface area contributed by atoms with Crippen molar-refractivity contribution in [1.82, 2.24) is 19.7 Å². The zero-order valence-corrected chi connectivity index (χ0v) is 29.7. The van der Waals surface area contributed by atoms with Crippen molar-refractivity contribution in [3.05, 3.63) is 57.1 Å². The number of hydrogen-bond donors (Lipinski definition) is 0. The van der Waals surface area contributed by atoms with E-state index in [4.69, 9.17) is 71.8 Å². The molecule has 0 N–H and O–H groups in total. The highest BCUT2D eigenvalue weighted by atomic mass is 35.5. The topological polar surface area (TPSA) is 109 Å². The Labute approximate surface area is 286 Å². The molecule has 20 heteroatoms. The van der Waals surface area contributed by atoms with Gasteiger partial charge in [-0.1, -0.05) is 46.4 Å². The molecular formula is C25H29Cl4F3N5O5PS2. The summed E-state index contributed by atoms with van der Waals surface area (Å²) in [6.45, 7) is 3.38. The quantitative estimate of drug-likeness (QED) is 0.119. The number of carbonyl (C=O) groups is 1. The van der Waals surface area contributed by atoms with Crippen molar-refractivity contribution < 1.29 is 35.7 Å². The molecule has 10 nitrogen and oxygen atoms in total. The number of carbonyl (C=O) groups excluding carboxylic acids is 1. The predicted octanol–water partition coefficient (Wildman–Crippen LogP) is 8.08. The van der Waals surface area contributed by atoms with Crippen molar-refractivity contribution in [2.45, 2.75) is 39.8 Å². The van der Waals surface area contributed by atoms with E-state index in [1.165, 1.54) is 15.6 Å². The molecule has 0 saturated heterocycles. The summed E-state index contributed by atoms with van der Waals surface area (Å²) in [4.78, 5) is 21.7. The molecule has 3 heterocycles. The minimum absolute atomic E-state index is 0.0521. The summed E-state index contributed by atoms with van der Waals surface area (Å²) in [5.41, 5.74) is 1.02. The van der Waals surface area contributed by atoms with E-state index in [-0.39, 0.29) is 50.9 Å². The van der Waals surface area contributed by atoms with E-state index in [2.05, 4.69) is 15.1 Å². The zero-order valence-electron chi connectivity index (χ0n) is 24.1. The third-order valence-corrected chi connectivity index (χ3v) is 10.2. The van der Waals surface area contributed by atoms with Gasteiger partial charge in [0, 0.05) is 53.3 Å². The fraction of sp³-hybridized carbons (Fsp3) is 0.440. The monoisotopic (exact) mass is 771 g/mol. The Kier molecular flexibility index (Phi) is 16.5. The maximum Gasteiger partial charge on any atom is 0.390 e. The average molecular weight is 773 g/mol. The van der Waals surface area contributed by atoms with Gasteiger partial charge in [0.25, 0.3) is 0 Å². The van der Waals surface area contributed by atoms with Gasteiger partial charge in [0.15, 0.2) is 10.3 Å². The van der Waals surface area contributed by atoms with Crippen LogP contribution in [-0.4, -0.2) is 67.3 Å². The van der Waals surface area contributed by atoms with Crippen LogP contribution in [0.15, 0.2) is 36.8 Å². The van der Waals surface area contributed by atoms with E-state index in [0.717, 1.165) is 0 Å². The molecule has 0 bridgehead atoms. The van der Waals surface area contributed by atoms with Crippen LogP contribution in [-0.2, 0) is 36.4 Å². The lowest BCUT2D eigenvalue weighted by Crippen LogP contribution is -2.31. The van der Waals surface area contributed by atoms with Gasteiger partial charge in [0.2, 0.25) is 11.8 Å². The highest BCUT2D eigenvalue weighted by Gasteiger charge is 2.28. The summed E-state index contributed by atoms with van der Waals surface area (Å²) >= 11 is 28.8. The third kappa shape index (κ3) is 13.2. The number of aromatic nitrogens is 4. The highest BCUT2D eigenvalue weighted by molar-refractivity contribution is 8.07. The molecule has 0 radical (unpaired) electrons. The van der Waals surface area contributed by atoms with Crippen LogP contribution in [0.2, 0.25) is 20.4 Å². The Bertz CT molecular complexity index is 1480. The molecule has 3 aromatic rings. The molecule has 0 aromatic carbocycles. The maximum absolute atomic E-state index is 12.4. The summed E-state index contributed by atoms with van der Waals surface area (Å²) in [6, 6.07) is 4.91. The molecule has 3 rings (SSSR count). The second kappa shape index (κ2) is 18.7. The van der Waals surface area contributed by atoms with Gasteiger partial charge in [-0.05, 0) is 39.0 Å². The summed E-state index contributed by atoms with van der Waals surface area (Å²) in [6.07, 6.45) is -0.877. The second-order valence-electron chi connectivity index (χ2n) is 8.48. The van der Waals surface area contributed by atoms with Crippen molar-refractivity contribution in [1.29, 1.82) is 0 Å². The van der Waals surface area contributed by atoms with Crippen molar-refractivity contribution >= 4 is 87.3 Å². The number of pyridine rings is 2. The molecule has 45 heavy (non-hydrogen) atoms. The summed E-state index contributed by atoms with van der Waals surface area (Å²) < 4.78 is 65.7. The van der Waals surface area contributed by atoms with E-state index in [9.17, 15) is 22.2 Å². The molecule has 0 fully saturated rings. The van der Waals surface area contributed by atoms with E-state index in [0.29, 0.717) is 24.6 Å². The highest BCUT2D eigenvalue weighted by Crippen LogP contribution is 2.51. The van der Waals surface area contributed by atoms with Gasteiger partial charge >= 0.3 is 12.9 Å². The van der Waals surface area contributed by atoms with Crippen LogP contribution >= 0.6 is 53.1 Å². The van der Waals surface area contributed by atoms with Gasteiger partial charge in [-0.2, -0.15) is 23.3 Å². The Balaban J connectivity index is 0.000000341. The van der Waals surface area contributed by atoms with Crippen LogP contribution < -0.4 is 9.42 Å². The van der Waals surface area contributed by atoms with Crippen molar-refractivity contribution in [2.24, 2.45) is 0 Å². The van der Waals surface area contributed by atoms with Crippen LogP contribution in [0.25, 0.3) is 5.69 Å². The Morgan fingerprint density at radius 3 is 2.31 bits per heavy atom. The largest absolute Gasteiger partial charge is 0.404 e. The normalized spacial score (nSPS) is 12.3. The molecule has 1 unspecified atom stereocenters. The van der Waals surface area contributed by atoms with Gasteiger partial charge < -0.3 is 9.42 Å². The van der Waals surface area contributed by atoms with E-state index in [1.807, 2.05) is 0 Å². The fourth-order valence-corrected chi connectivity index (χ4v) is 7.19. The van der Waals surface area contributed by atoms with E-state index < -0.39 is 35.9 Å². The number of rotatable bonds is 14. The standard InChI is InChI=1S/C16H18ClF3N4O2S.C9H11Cl3NO3PS/c1-2-23(14(25)5-8-27(26)9-6-16(18,19)20)13-11-24(22-15(13)17)12-4-3-7-21-10-12;1-3-14-17(18,15-4-2)16-9-7(11)5-6(10)8(12)13-9/h3-4,7,10-11H,2,5-6,8-9H2,1H3;5H,3-4H2,1-2H3. The molecule has 1 amide bonds. The number of anilines is 1. The van der Waals surface area contributed by atoms with Gasteiger partial charge in [-0.3, -0.25) is 23.0 Å². The summed E-state index contributed by atoms with van der Waals surface area (Å²) in [5, 5.41) is 4.75. The van der Waals surface area contributed by atoms with Crippen molar-refractivity contribution in [2.75, 3.05) is 36.2 Å². The molecular weight excluding hydrogens is 744 g/mol. The van der Waals surface area contributed by atoms with Crippen LogP contribution in [0.4, 0.5) is 18.9 Å². The van der Waals surface area contributed by atoms with Gasteiger partial charge in [0.1, 0.15) is 10.7 Å². The number of halogens is 7. The molecule has 1 atom stereocenters. The minimum atomic E-state index is -4.36. The minimum Gasteiger partial charge on any atom is -0.404 e. The number of nitrogens with zero attached hydrogens (tertiary/aromatic N) is 5. The first-order valence-corrected chi connectivity index (χ1v) is 18.7. The maximum atomic E-state index is 12.4. The van der Waals surface area contributed by atoms with E-state index in [1.54, 1.807) is 51.5 Å². The van der Waals surface area contributed by atoms with Gasteiger partial charge in [-0.25, -0.2) is 4.68 Å². The fourth-order valence-electron chi connectivity index (χ4n) is 3.30. The molecule has 0 aliphatic carbocycles. The number of hydrogen-bond acceptors (Lipinski definition) is 9. The molecule has 0 saturated carbocycles. The predicted molar refractivity (Wildman–Crippen MR) is 175 cm³/mol. The lowest BCUT2D eigenvalue weighted by molar-refractivity contribution is -0.129. The van der Waals surface area contributed by atoms with Crippen LogP contribution in [0.5, 0.6) is 5.88 Å². The molecule has 0 spiro atoms. The second-order valence-corrected chi connectivity index (χ2v) is 14.6. The first kappa shape index (κ1) is 39.6. The van der Waals surface area contributed by atoms with Gasteiger partial charge in [0.05, 0.1) is 42.7 Å². The van der Waals surface area contributed by atoms with Crippen molar-refractivity contribution in [3.8, 4) is 11.6 Å². The van der Waals surface area contributed by atoms with Crippen LogP contribution in [0.1, 0.15) is 33.6 Å².